The second kappa shape index (κ2) is 3.75. The van der Waals surface area contributed by atoms with Crippen molar-refractivity contribution in [3.63, 3.8) is 0 Å². The van der Waals surface area contributed by atoms with Crippen molar-refractivity contribution in [2.45, 2.75) is 13.0 Å². The fourth-order valence-electron chi connectivity index (χ4n) is 1.98. The highest BCUT2D eigenvalue weighted by molar-refractivity contribution is 5.80. The average Bonchev–Trinajstić information content (AvgIpc) is 2.76. The van der Waals surface area contributed by atoms with Crippen molar-refractivity contribution in [2.24, 2.45) is 0 Å². The zero-order valence-electron chi connectivity index (χ0n) is 9.47. The van der Waals surface area contributed by atoms with Gasteiger partial charge in [-0.1, -0.05) is 12.1 Å². The Hall–Kier alpha value is -2.07. The van der Waals surface area contributed by atoms with Crippen LogP contribution in [0.1, 0.15) is 6.92 Å². The van der Waals surface area contributed by atoms with Crippen molar-refractivity contribution >= 4 is 16.7 Å². The van der Waals surface area contributed by atoms with Crippen molar-refractivity contribution in [1.29, 1.82) is 0 Å². The maximum Gasteiger partial charge on any atom is 0.191 e. The number of aromatic amines is 1. The lowest BCUT2D eigenvalue weighted by Gasteiger charge is -2.18. The Bertz CT molecular complexity index is 644. The van der Waals surface area contributed by atoms with Crippen LogP contribution >= 0.6 is 0 Å². The Balaban J connectivity index is 2.13. The number of para-hydroxylation sites is 1. The largest absolute Gasteiger partial charge is 0.340 e. The monoisotopic (exact) mass is 227 g/mol. The summed E-state index contributed by atoms with van der Waals surface area (Å²) in [7, 11) is 0. The third-order valence-electron chi connectivity index (χ3n) is 2.85. The minimum atomic E-state index is 0.0316. The second-order valence-electron chi connectivity index (χ2n) is 4.19. The molecule has 0 radical (unpaired) electrons. The first-order valence-corrected chi connectivity index (χ1v) is 5.60. The highest BCUT2D eigenvalue weighted by atomic mass is 16.1. The van der Waals surface area contributed by atoms with Crippen LogP contribution in [0.15, 0.2) is 47.4 Å². The lowest BCUT2D eigenvalue weighted by atomic mass is 10.2. The fraction of sp³-hybridized carbons (Fsp3) is 0.154. The van der Waals surface area contributed by atoms with Gasteiger partial charge in [0.05, 0.1) is 5.52 Å². The fourth-order valence-corrected chi connectivity index (χ4v) is 1.98. The average molecular weight is 227 g/mol. The smallest absolute Gasteiger partial charge is 0.191 e. The van der Waals surface area contributed by atoms with Gasteiger partial charge in [0.1, 0.15) is 5.82 Å². The van der Waals surface area contributed by atoms with Gasteiger partial charge in [0.25, 0.3) is 0 Å². The molecule has 2 N–H and O–H groups in total. The molecule has 1 aromatic heterocycles. The Morgan fingerprint density at radius 2 is 2.12 bits per heavy atom. The van der Waals surface area contributed by atoms with Gasteiger partial charge in [-0.05, 0) is 25.1 Å². The van der Waals surface area contributed by atoms with E-state index in [9.17, 15) is 4.79 Å². The first kappa shape index (κ1) is 10.1. The number of nitrogens with zero attached hydrogens (tertiary/aromatic N) is 1. The van der Waals surface area contributed by atoms with Gasteiger partial charge in [0, 0.05) is 23.7 Å². The molecule has 1 aliphatic rings. The van der Waals surface area contributed by atoms with Crippen molar-refractivity contribution in [2.75, 3.05) is 5.01 Å². The molecule has 0 saturated carbocycles. The molecule has 2 aromatic rings. The number of anilines is 1. The Labute approximate surface area is 98.5 Å². The molecule has 0 amide bonds. The van der Waals surface area contributed by atoms with Crippen molar-refractivity contribution in [1.82, 2.24) is 10.4 Å². The zero-order chi connectivity index (χ0) is 11.8. The summed E-state index contributed by atoms with van der Waals surface area (Å²) in [6.45, 7) is 2.05. The first-order chi connectivity index (χ1) is 8.24. The van der Waals surface area contributed by atoms with Crippen LogP contribution in [0.3, 0.4) is 0 Å². The van der Waals surface area contributed by atoms with E-state index in [1.54, 1.807) is 6.07 Å². The van der Waals surface area contributed by atoms with E-state index in [4.69, 9.17) is 0 Å². The number of aromatic nitrogens is 1. The molecule has 0 spiro atoms. The molecule has 1 aromatic carbocycles. The van der Waals surface area contributed by atoms with Crippen molar-refractivity contribution < 1.29 is 0 Å². The molecule has 1 atom stereocenters. The van der Waals surface area contributed by atoms with Crippen LogP contribution in [0.25, 0.3) is 10.9 Å². The maximum absolute atomic E-state index is 11.9. The predicted octanol–water partition coefficient (Wildman–Crippen LogP) is 1.75. The number of pyridine rings is 1. The quantitative estimate of drug-likeness (QED) is 0.780. The molecular formula is C13H13N3O. The molecule has 4 nitrogen and oxygen atoms in total. The Morgan fingerprint density at radius 1 is 1.29 bits per heavy atom. The third-order valence-corrected chi connectivity index (χ3v) is 2.85. The zero-order valence-corrected chi connectivity index (χ0v) is 9.47. The minimum absolute atomic E-state index is 0.0316. The molecule has 17 heavy (non-hydrogen) atoms. The van der Waals surface area contributed by atoms with E-state index in [-0.39, 0.29) is 11.5 Å². The summed E-state index contributed by atoms with van der Waals surface area (Å²) in [5.41, 5.74) is 4.10. The van der Waals surface area contributed by atoms with Gasteiger partial charge in [-0.25, -0.2) is 5.43 Å². The molecule has 0 aliphatic carbocycles. The molecule has 0 saturated heterocycles. The lowest BCUT2D eigenvalue weighted by Crippen LogP contribution is -2.34. The number of hydrogen-bond donors (Lipinski definition) is 2. The molecule has 86 valence electrons. The molecule has 1 unspecified atom stereocenters. The van der Waals surface area contributed by atoms with E-state index in [2.05, 4.69) is 17.3 Å². The SMILES string of the molecule is CC1C=CN(c2cc(=O)c3ccccc3[nH]2)N1. The Morgan fingerprint density at radius 3 is 2.88 bits per heavy atom. The van der Waals surface area contributed by atoms with Crippen LogP contribution in [0, 0.1) is 0 Å². The van der Waals surface area contributed by atoms with Crippen molar-refractivity contribution in [3.8, 4) is 0 Å². The van der Waals surface area contributed by atoms with E-state index in [1.165, 1.54) is 0 Å². The molecule has 1 aliphatic heterocycles. The number of benzene rings is 1. The van der Waals surface area contributed by atoms with Gasteiger partial charge >= 0.3 is 0 Å². The van der Waals surface area contributed by atoms with Crippen LogP contribution < -0.4 is 15.9 Å². The highest BCUT2D eigenvalue weighted by Crippen LogP contribution is 2.15. The molecular weight excluding hydrogens is 214 g/mol. The summed E-state index contributed by atoms with van der Waals surface area (Å²) in [5, 5.41) is 2.55. The minimum Gasteiger partial charge on any atom is -0.340 e. The number of fused-ring (bicyclic) bond motifs is 1. The van der Waals surface area contributed by atoms with E-state index in [0.717, 1.165) is 11.3 Å². The number of H-pyrrole nitrogens is 1. The van der Waals surface area contributed by atoms with E-state index in [0.29, 0.717) is 5.39 Å². The van der Waals surface area contributed by atoms with Gasteiger partial charge in [0.15, 0.2) is 5.43 Å². The number of hydrogen-bond acceptors (Lipinski definition) is 3. The summed E-state index contributed by atoms with van der Waals surface area (Å²) in [6, 6.07) is 9.41. The van der Waals surface area contributed by atoms with Gasteiger partial charge in [-0.2, -0.15) is 0 Å². The van der Waals surface area contributed by atoms with Crippen LogP contribution in [0.2, 0.25) is 0 Å². The van der Waals surface area contributed by atoms with Crippen LogP contribution in [-0.2, 0) is 0 Å². The van der Waals surface area contributed by atoms with Gasteiger partial charge in [-0.3, -0.25) is 9.80 Å². The normalized spacial score (nSPS) is 19.1. The maximum atomic E-state index is 11.9. The second-order valence-corrected chi connectivity index (χ2v) is 4.19. The lowest BCUT2D eigenvalue weighted by molar-refractivity contribution is 0.677. The summed E-state index contributed by atoms with van der Waals surface area (Å²) in [6.07, 6.45) is 3.96. The molecule has 0 bridgehead atoms. The summed E-state index contributed by atoms with van der Waals surface area (Å²) >= 11 is 0. The molecule has 3 rings (SSSR count). The third kappa shape index (κ3) is 1.72. The topological polar surface area (TPSA) is 48.1 Å². The van der Waals surface area contributed by atoms with Crippen LogP contribution in [0.4, 0.5) is 5.82 Å². The molecule has 2 heterocycles. The molecule has 4 heteroatoms. The van der Waals surface area contributed by atoms with E-state index < -0.39 is 0 Å². The highest BCUT2D eigenvalue weighted by Gasteiger charge is 2.13. The summed E-state index contributed by atoms with van der Waals surface area (Å²) in [5.74, 6) is 0.759. The standard InChI is InChI=1S/C13H13N3O/c1-9-6-7-16(15-9)13-8-12(17)10-4-2-3-5-11(10)14-13/h2-9,15H,1H3,(H,14,17). The van der Waals surface area contributed by atoms with Gasteiger partial charge < -0.3 is 4.98 Å². The van der Waals surface area contributed by atoms with Crippen LogP contribution in [-0.4, -0.2) is 11.0 Å². The number of rotatable bonds is 1. The van der Waals surface area contributed by atoms with Gasteiger partial charge in [0.2, 0.25) is 0 Å². The van der Waals surface area contributed by atoms with Crippen molar-refractivity contribution in [3.05, 3.63) is 52.8 Å². The number of hydrazine groups is 1. The summed E-state index contributed by atoms with van der Waals surface area (Å²) in [4.78, 5) is 15.2. The van der Waals surface area contributed by atoms with E-state index in [1.807, 2.05) is 41.6 Å². The van der Waals surface area contributed by atoms with Gasteiger partial charge in [-0.15, -0.1) is 0 Å². The van der Waals surface area contributed by atoms with E-state index >= 15 is 0 Å². The number of nitrogens with one attached hydrogen (secondary N) is 2. The van der Waals surface area contributed by atoms with Crippen LogP contribution in [0.5, 0.6) is 0 Å². The first-order valence-electron chi connectivity index (χ1n) is 5.60. The predicted molar refractivity (Wildman–Crippen MR) is 68.8 cm³/mol. The summed E-state index contributed by atoms with van der Waals surface area (Å²) < 4.78 is 0. The Kier molecular flexibility index (Phi) is 2.23. The molecule has 0 fully saturated rings.